The third kappa shape index (κ3) is 3.81. The van der Waals surface area contributed by atoms with Crippen LogP contribution in [-0.2, 0) is 19.4 Å². The lowest BCUT2D eigenvalue weighted by molar-refractivity contribution is 0.305. The summed E-state index contributed by atoms with van der Waals surface area (Å²) in [4.78, 5) is 3.72. The van der Waals surface area contributed by atoms with E-state index in [1.165, 1.54) is 40.9 Å². The second-order valence-electron chi connectivity index (χ2n) is 7.37. The molecule has 0 bridgehead atoms. The molecule has 0 radical (unpaired) electrons. The fourth-order valence-electron chi connectivity index (χ4n) is 3.91. The van der Waals surface area contributed by atoms with Crippen LogP contribution < -0.4 is 4.74 Å². The molecular formula is C24H25Cl2NO. The van der Waals surface area contributed by atoms with Crippen LogP contribution in [0.3, 0.4) is 0 Å². The van der Waals surface area contributed by atoms with Crippen molar-refractivity contribution in [2.24, 2.45) is 0 Å². The molecule has 4 rings (SSSR count). The number of aromatic amines is 1. The van der Waals surface area contributed by atoms with Crippen molar-refractivity contribution in [2.75, 3.05) is 0 Å². The average Bonchev–Trinajstić information content (AvgIpc) is 3.47. The van der Waals surface area contributed by atoms with Crippen molar-refractivity contribution in [3.8, 4) is 16.9 Å². The van der Waals surface area contributed by atoms with Gasteiger partial charge in [0.1, 0.15) is 12.4 Å². The van der Waals surface area contributed by atoms with Crippen LogP contribution in [0, 0.1) is 0 Å². The van der Waals surface area contributed by atoms with Gasteiger partial charge in [-0.2, -0.15) is 0 Å². The van der Waals surface area contributed by atoms with Crippen molar-refractivity contribution in [1.29, 1.82) is 0 Å². The first-order valence-corrected chi connectivity index (χ1v) is 10.8. The maximum atomic E-state index is 6.71. The highest BCUT2D eigenvalue weighted by Gasteiger charge is 2.32. The van der Waals surface area contributed by atoms with Gasteiger partial charge in [0.05, 0.1) is 0 Å². The average molecular weight is 414 g/mol. The molecule has 2 nitrogen and oxygen atoms in total. The number of hydrogen-bond donors (Lipinski definition) is 1. The van der Waals surface area contributed by atoms with Crippen molar-refractivity contribution in [2.45, 2.75) is 52.1 Å². The van der Waals surface area contributed by atoms with Gasteiger partial charge in [-0.25, -0.2) is 0 Å². The molecule has 0 atom stereocenters. The van der Waals surface area contributed by atoms with E-state index in [0.717, 1.165) is 29.2 Å². The minimum Gasteiger partial charge on any atom is -0.489 e. The van der Waals surface area contributed by atoms with Crippen molar-refractivity contribution in [3.63, 3.8) is 0 Å². The van der Waals surface area contributed by atoms with Crippen LogP contribution >= 0.6 is 23.2 Å². The first-order chi connectivity index (χ1) is 13.6. The number of aromatic nitrogens is 1. The van der Waals surface area contributed by atoms with E-state index < -0.39 is 0 Å². The SMILES string of the molecule is CCc1cccc(Cl)c1-c1c(CC)[nH]c(C2CC2)c1COc1cccc(Cl)c1. The van der Waals surface area contributed by atoms with Gasteiger partial charge in [0, 0.05) is 38.1 Å². The minimum atomic E-state index is 0.506. The predicted octanol–water partition coefficient (Wildman–Crippen LogP) is 7.57. The second-order valence-corrected chi connectivity index (χ2v) is 8.22. The summed E-state index contributed by atoms with van der Waals surface area (Å²) in [6.45, 7) is 4.87. The van der Waals surface area contributed by atoms with Gasteiger partial charge in [-0.05, 0) is 61.4 Å². The minimum absolute atomic E-state index is 0.506. The van der Waals surface area contributed by atoms with Crippen LogP contribution in [0.4, 0.5) is 0 Å². The molecule has 4 heteroatoms. The Hall–Kier alpha value is -1.90. The van der Waals surface area contributed by atoms with E-state index in [1.807, 2.05) is 36.4 Å². The van der Waals surface area contributed by atoms with E-state index >= 15 is 0 Å². The lowest BCUT2D eigenvalue weighted by atomic mass is 9.93. The summed E-state index contributed by atoms with van der Waals surface area (Å²) in [5.74, 6) is 1.39. The van der Waals surface area contributed by atoms with Crippen LogP contribution in [-0.4, -0.2) is 4.98 Å². The summed E-state index contributed by atoms with van der Waals surface area (Å²) < 4.78 is 6.18. The molecule has 3 aromatic rings. The molecule has 1 saturated carbocycles. The summed E-state index contributed by atoms with van der Waals surface area (Å²) >= 11 is 12.8. The zero-order chi connectivity index (χ0) is 19.7. The Kier molecular flexibility index (Phi) is 5.70. The monoisotopic (exact) mass is 413 g/mol. The van der Waals surface area contributed by atoms with E-state index in [2.05, 4.69) is 24.9 Å². The Morgan fingerprint density at radius 1 is 1.00 bits per heavy atom. The fraction of sp³-hybridized carbons (Fsp3) is 0.333. The van der Waals surface area contributed by atoms with Crippen LogP contribution in [0.25, 0.3) is 11.1 Å². The Balaban J connectivity index is 1.81. The molecule has 1 aromatic heterocycles. The third-order valence-corrected chi connectivity index (χ3v) is 6.01. The molecule has 0 unspecified atom stereocenters. The summed E-state index contributed by atoms with van der Waals surface area (Å²) in [7, 11) is 0. The molecule has 0 amide bonds. The quantitative estimate of drug-likeness (QED) is 0.424. The highest BCUT2D eigenvalue weighted by atomic mass is 35.5. The van der Waals surface area contributed by atoms with Gasteiger partial charge < -0.3 is 9.72 Å². The van der Waals surface area contributed by atoms with Gasteiger partial charge in [-0.15, -0.1) is 0 Å². The number of aryl methyl sites for hydroxylation is 2. The van der Waals surface area contributed by atoms with Gasteiger partial charge in [0.2, 0.25) is 0 Å². The van der Waals surface area contributed by atoms with Crippen molar-refractivity contribution >= 4 is 23.2 Å². The molecule has 1 heterocycles. The molecule has 0 saturated heterocycles. The maximum Gasteiger partial charge on any atom is 0.121 e. The molecule has 1 aliphatic rings. The number of benzene rings is 2. The first kappa shape index (κ1) is 19.4. The van der Waals surface area contributed by atoms with Gasteiger partial charge in [0.15, 0.2) is 0 Å². The number of H-pyrrole nitrogens is 1. The molecule has 1 aliphatic carbocycles. The second kappa shape index (κ2) is 8.23. The Labute approximate surface area is 176 Å². The standard InChI is InChI=1S/C24H25Cl2NO/c1-3-15-7-5-10-20(26)22(15)23-19(14-28-18-9-6-8-17(25)13-18)24(16-11-12-16)27-21(23)4-2/h5-10,13,16,27H,3-4,11-12,14H2,1-2H3. The smallest absolute Gasteiger partial charge is 0.121 e. The zero-order valence-electron chi connectivity index (χ0n) is 16.3. The van der Waals surface area contributed by atoms with E-state index in [0.29, 0.717) is 17.5 Å². The van der Waals surface area contributed by atoms with Gasteiger partial charge in [-0.1, -0.05) is 55.2 Å². The van der Waals surface area contributed by atoms with Crippen LogP contribution in [0.5, 0.6) is 5.75 Å². The van der Waals surface area contributed by atoms with Crippen molar-refractivity contribution in [1.82, 2.24) is 4.98 Å². The zero-order valence-corrected chi connectivity index (χ0v) is 17.8. The van der Waals surface area contributed by atoms with E-state index in [4.69, 9.17) is 27.9 Å². The number of halogens is 2. The van der Waals surface area contributed by atoms with E-state index in [9.17, 15) is 0 Å². The number of ether oxygens (including phenoxy) is 1. The highest BCUT2D eigenvalue weighted by Crippen LogP contribution is 2.47. The number of rotatable bonds is 7. The molecule has 2 aromatic carbocycles. The topological polar surface area (TPSA) is 25.0 Å². The van der Waals surface area contributed by atoms with Gasteiger partial charge in [0.25, 0.3) is 0 Å². The maximum absolute atomic E-state index is 6.71. The van der Waals surface area contributed by atoms with E-state index in [-0.39, 0.29) is 0 Å². The Morgan fingerprint density at radius 3 is 2.46 bits per heavy atom. The predicted molar refractivity (Wildman–Crippen MR) is 118 cm³/mol. The van der Waals surface area contributed by atoms with Crippen molar-refractivity contribution in [3.05, 3.63) is 75.0 Å². The largest absolute Gasteiger partial charge is 0.489 e. The Bertz CT molecular complexity index is 988. The summed E-state index contributed by atoms with van der Waals surface area (Å²) in [5, 5.41) is 1.49. The Morgan fingerprint density at radius 2 is 1.79 bits per heavy atom. The molecule has 28 heavy (non-hydrogen) atoms. The summed E-state index contributed by atoms with van der Waals surface area (Å²) in [6, 6.07) is 13.8. The first-order valence-electron chi connectivity index (χ1n) is 10.0. The summed E-state index contributed by atoms with van der Waals surface area (Å²) in [6.07, 6.45) is 4.34. The van der Waals surface area contributed by atoms with Crippen LogP contribution in [0.2, 0.25) is 10.0 Å². The van der Waals surface area contributed by atoms with Crippen LogP contribution in [0.1, 0.15) is 55.1 Å². The molecule has 0 spiro atoms. The lowest BCUT2D eigenvalue weighted by Crippen LogP contribution is -2.01. The van der Waals surface area contributed by atoms with Gasteiger partial charge in [-0.3, -0.25) is 0 Å². The molecular weight excluding hydrogens is 389 g/mol. The lowest BCUT2D eigenvalue weighted by Gasteiger charge is -2.15. The fourth-order valence-corrected chi connectivity index (χ4v) is 4.38. The molecule has 0 aliphatic heterocycles. The van der Waals surface area contributed by atoms with E-state index in [1.54, 1.807) is 0 Å². The van der Waals surface area contributed by atoms with Crippen LogP contribution in [0.15, 0.2) is 42.5 Å². The summed E-state index contributed by atoms with van der Waals surface area (Å²) in [5.41, 5.74) is 7.45. The number of hydrogen-bond acceptors (Lipinski definition) is 1. The molecule has 1 fully saturated rings. The third-order valence-electron chi connectivity index (χ3n) is 5.46. The molecule has 1 N–H and O–H groups in total. The van der Waals surface area contributed by atoms with Crippen molar-refractivity contribution < 1.29 is 4.74 Å². The molecule has 146 valence electrons. The highest BCUT2D eigenvalue weighted by molar-refractivity contribution is 6.33. The van der Waals surface area contributed by atoms with Gasteiger partial charge >= 0.3 is 0 Å². The normalized spacial score (nSPS) is 13.7. The number of nitrogens with one attached hydrogen (secondary N) is 1.